The van der Waals surface area contributed by atoms with E-state index < -0.39 is 0 Å². The van der Waals surface area contributed by atoms with Crippen molar-refractivity contribution in [1.29, 1.82) is 0 Å². The number of hydrogen-bond acceptors (Lipinski definition) is 4. The van der Waals surface area contributed by atoms with Crippen molar-refractivity contribution in [3.8, 4) is 5.82 Å². The summed E-state index contributed by atoms with van der Waals surface area (Å²) in [6.45, 7) is 6.01. The number of thioether (sulfide) groups is 1. The van der Waals surface area contributed by atoms with Crippen LogP contribution in [0.15, 0.2) is 36.7 Å². The Hall–Kier alpha value is -1.82. The molecule has 3 heterocycles. The second-order valence-corrected chi connectivity index (χ2v) is 7.08. The van der Waals surface area contributed by atoms with E-state index in [2.05, 4.69) is 23.9 Å². The number of rotatable bonds is 3. The highest BCUT2D eigenvalue weighted by Gasteiger charge is 2.27. The Labute approximate surface area is 134 Å². The van der Waals surface area contributed by atoms with Crippen LogP contribution in [-0.4, -0.2) is 49.7 Å². The van der Waals surface area contributed by atoms with Crippen LogP contribution in [0.4, 0.5) is 0 Å². The van der Waals surface area contributed by atoms with Gasteiger partial charge in [0.2, 0.25) is 0 Å². The highest BCUT2D eigenvalue weighted by Crippen LogP contribution is 2.25. The summed E-state index contributed by atoms with van der Waals surface area (Å²) in [7, 11) is 0. The van der Waals surface area contributed by atoms with Crippen molar-refractivity contribution >= 4 is 17.7 Å². The van der Waals surface area contributed by atoms with Crippen LogP contribution in [0.1, 0.15) is 24.3 Å². The van der Waals surface area contributed by atoms with Gasteiger partial charge in [-0.25, -0.2) is 9.67 Å². The van der Waals surface area contributed by atoms with Crippen molar-refractivity contribution < 1.29 is 4.79 Å². The highest BCUT2D eigenvalue weighted by atomic mass is 32.2. The van der Waals surface area contributed by atoms with Gasteiger partial charge in [0.1, 0.15) is 5.69 Å². The zero-order valence-electron chi connectivity index (χ0n) is 12.8. The van der Waals surface area contributed by atoms with E-state index in [1.807, 2.05) is 41.1 Å². The Balaban J connectivity index is 1.79. The lowest BCUT2D eigenvalue weighted by atomic mass is 10.1. The van der Waals surface area contributed by atoms with E-state index in [9.17, 15) is 4.79 Å². The Morgan fingerprint density at radius 3 is 2.95 bits per heavy atom. The Morgan fingerprint density at radius 1 is 1.36 bits per heavy atom. The second-order valence-electron chi connectivity index (χ2n) is 5.74. The molecule has 2 aromatic heterocycles. The average Bonchev–Trinajstić information content (AvgIpc) is 3.09. The van der Waals surface area contributed by atoms with E-state index in [1.165, 1.54) is 0 Å². The fourth-order valence-corrected chi connectivity index (χ4v) is 3.80. The van der Waals surface area contributed by atoms with Gasteiger partial charge in [-0.3, -0.25) is 4.79 Å². The lowest BCUT2D eigenvalue weighted by Crippen LogP contribution is -2.43. The number of hydrogen-bond donors (Lipinski definition) is 0. The third-order valence-corrected chi connectivity index (χ3v) is 5.36. The molecule has 0 bridgehead atoms. The molecule has 1 atom stereocenters. The molecule has 1 amide bonds. The van der Waals surface area contributed by atoms with Gasteiger partial charge in [-0.05, 0) is 24.1 Å². The number of carbonyl (C=O) groups is 1. The van der Waals surface area contributed by atoms with Gasteiger partial charge in [0.15, 0.2) is 5.82 Å². The van der Waals surface area contributed by atoms with Crippen LogP contribution in [0.5, 0.6) is 0 Å². The molecule has 22 heavy (non-hydrogen) atoms. The molecule has 0 radical (unpaired) electrons. The van der Waals surface area contributed by atoms with E-state index in [1.54, 1.807) is 16.9 Å². The van der Waals surface area contributed by atoms with Crippen molar-refractivity contribution in [2.45, 2.75) is 19.1 Å². The number of amides is 1. The van der Waals surface area contributed by atoms with E-state index in [0.29, 0.717) is 22.7 Å². The Morgan fingerprint density at radius 2 is 2.23 bits per heavy atom. The minimum absolute atomic E-state index is 0.0138. The summed E-state index contributed by atoms with van der Waals surface area (Å²) in [5.41, 5.74) is 0.488. The first-order valence-electron chi connectivity index (χ1n) is 7.53. The van der Waals surface area contributed by atoms with Crippen molar-refractivity contribution in [1.82, 2.24) is 19.7 Å². The molecule has 5 nitrogen and oxygen atoms in total. The molecule has 0 N–H and O–H groups in total. The van der Waals surface area contributed by atoms with E-state index in [4.69, 9.17) is 0 Å². The van der Waals surface area contributed by atoms with Gasteiger partial charge in [-0.1, -0.05) is 19.9 Å². The third kappa shape index (κ3) is 3.16. The molecule has 3 rings (SSSR count). The molecule has 0 spiro atoms. The molecular weight excluding hydrogens is 296 g/mol. The normalized spacial score (nSPS) is 18.7. The topological polar surface area (TPSA) is 51.0 Å². The number of carbonyl (C=O) groups excluding carboxylic acids is 1. The molecule has 1 aliphatic rings. The lowest BCUT2D eigenvalue weighted by Gasteiger charge is -2.34. The summed E-state index contributed by atoms with van der Waals surface area (Å²) in [5, 5.41) is 4.67. The van der Waals surface area contributed by atoms with E-state index in [-0.39, 0.29) is 5.91 Å². The summed E-state index contributed by atoms with van der Waals surface area (Å²) < 4.78 is 1.67. The second kappa shape index (κ2) is 6.52. The quantitative estimate of drug-likeness (QED) is 0.873. The van der Waals surface area contributed by atoms with Gasteiger partial charge >= 0.3 is 0 Å². The molecule has 0 saturated carbocycles. The largest absolute Gasteiger partial charge is 0.335 e. The monoisotopic (exact) mass is 316 g/mol. The van der Waals surface area contributed by atoms with Crippen molar-refractivity contribution in [2.24, 2.45) is 5.92 Å². The van der Waals surface area contributed by atoms with Crippen molar-refractivity contribution in [2.75, 3.05) is 18.8 Å². The minimum atomic E-state index is 0.0138. The van der Waals surface area contributed by atoms with Gasteiger partial charge in [-0.15, -0.1) is 0 Å². The van der Waals surface area contributed by atoms with Gasteiger partial charge in [0, 0.05) is 36.5 Å². The average molecular weight is 316 g/mol. The van der Waals surface area contributed by atoms with Gasteiger partial charge in [0.05, 0.1) is 0 Å². The summed E-state index contributed by atoms with van der Waals surface area (Å²) in [5.74, 6) is 2.25. The molecule has 0 aromatic carbocycles. The third-order valence-electron chi connectivity index (χ3n) is 3.82. The first-order chi connectivity index (χ1) is 10.6. The molecule has 1 unspecified atom stereocenters. The molecule has 1 saturated heterocycles. The summed E-state index contributed by atoms with van der Waals surface area (Å²) in [4.78, 5) is 19.1. The SMILES string of the molecule is CC(C)C1CN(C(=O)c2cccc(-n3cccn3)n2)CCS1. The Bertz CT molecular complexity index is 641. The van der Waals surface area contributed by atoms with Crippen molar-refractivity contribution in [3.05, 3.63) is 42.4 Å². The van der Waals surface area contributed by atoms with Crippen LogP contribution in [0.3, 0.4) is 0 Å². The van der Waals surface area contributed by atoms with Crippen LogP contribution in [0.25, 0.3) is 5.82 Å². The summed E-state index contributed by atoms with van der Waals surface area (Å²) in [6.07, 6.45) is 3.52. The predicted octanol–water partition coefficient (Wildman–Crippen LogP) is 2.48. The fraction of sp³-hybridized carbons (Fsp3) is 0.438. The van der Waals surface area contributed by atoms with Crippen LogP contribution >= 0.6 is 11.8 Å². The molecule has 116 valence electrons. The molecular formula is C16H20N4OS. The van der Waals surface area contributed by atoms with Crippen molar-refractivity contribution in [3.63, 3.8) is 0 Å². The van der Waals surface area contributed by atoms with Crippen LogP contribution in [-0.2, 0) is 0 Å². The zero-order valence-corrected chi connectivity index (χ0v) is 13.7. The van der Waals surface area contributed by atoms with Gasteiger partial charge < -0.3 is 4.90 Å². The van der Waals surface area contributed by atoms with E-state index >= 15 is 0 Å². The standard InChI is InChI=1S/C16H20N4OS/c1-12(2)14-11-19(9-10-22-14)16(21)13-5-3-6-15(18-13)20-8-4-7-17-20/h3-8,12,14H,9-11H2,1-2H3. The zero-order chi connectivity index (χ0) is 15.5. The highest BCUT2D eigenvalue weighted by molar-refractivity contribution is 8.00. The molecule has 1 fully saturated rings. The van der Waals surface area contributed by atoms with Gasteiger partial charge in [0.25, 0.3) is 5.91 Å². The Kier molecular flexibility index (Phi) is 4.47. The predicted molar refractivity (Wildman–Crippen MR) is 88.3 cm³/mol. The number of nitrogens with zero attached hydrogens (tertiary/aromatic N) is 4. The maximum atomic E-state index is 12.7. The minimum Gasteiger partial charge on any atom is -0.335 e. The van der Waals surface area contributed by atoms with Crippen LogP contribution < -0.4 is 0 Å². The summed E-state index contributed by atoms with van der Waals surface area (Å²) >= 11 is 1.96. The maximum Gasteiger partial charge on any atom is 0.272 e. The smallest absolute Gasteiger partial charge is 0.272 e. The molecule has 0 aliphatic carbocycles. The van der Waals surface area contributed by atoms with Gasteiger partial charge in [-0.2, -0.15) is 16.9 Å². The molecule has 1 aliphatic heterocycles. The molecule has 6 heteroatoms. The molecule has 2 aromatic rings. The number of aromatic nitrogens is 3. The van der Waals surface area contributed by atoms with Crippen LogP contribution in [0, 0.1) is 5.92 Å². The number of pyridine rings is 1. The lowest BCUT2D eigenvalue weighted by molar-refractivity contribution is 0.0750. The first-order valence-corrected chi connectivity index (χ1v) is 8.58. The van der Waals surface area contributed by atoms with Crippen LogP contribution in [0.2, 0.25) is 0 Å². The van der Waals surface area contributed by atoms with E-state index in [0.717, 1.165) is 18.8 Å². The first kappa shape index (κ1) is 15.1. The fourth-order valence-electron chi connectivity index (χ4n) is 2.50. The summed E-state index contributed by atoms with van der Waals surface area (Å²) in [6, 6.07) is 7.33. The maximum absolute atomic E-state index is 12.7.